The highest BCUT2D eigenvalue weighted by molar-refractivity contribution is 7.93. The normalized spacial score (nSPS) is 15.2. The minimum Gasteiger partial charge on any atom is -0.495 e. The summed E-state index contributed by atoms with van der Waals surface area (Å²) in [6, 6.07) is 12.0. The van der Waals surface area contributed by atoms with E-state index >= 15 is 0 Å². The van der Waals surface area contributed by atoms with Crippen molar-refractivity contribution in [2.24, 2.45) is 0 Å². The lowest BCUT2D eigenvalue weighted by atomic mass is 9.78. The maximum atomic E-state index is 13.9. The summed E-state index contributed by atoms with van der Waals surface area (Å²) >= 11 is 6.38. The Labute approximate surface area is 212 Å². The number of methoxy groups -OCH3 is 1. The number of hydrogen-bond donors (Lipinski definition) is 0. The van der Waals surface area contributed by atoms with E-state index in [0.29, 0.717) is 18.2 Å². The van der Waals surface area contributed by atoms with Crippen LogP contribution in [0.5, 0.6) is 5.75 Å². The second-order valence-electron chi connectivity index (χ2n) is 8.94. The summed E-state index contributed by atoms with van der Waals surface area (Å²) in [5, 5.41) is 9.50. The van der Waals surface area contributed by atoms with Gasteiger partial charge in [-0.25, -0.2) is 8.42 Å². The second kappa shape index (κ2) is 8.98. The molecule has 0 atom stereocenters. The average molecular weight is 536 g/mol. The molecule has 4 rings (SSSR count). The van der Waals surface area contributed by atoms with E-state index in [9.17, 15) is 26.9 Å². The molecule has 0 amide bonds. The van der Waals surface area contributed by atoms with Crippen LogP contribution >= 0.6 is 11.6 Å². The minimum absolute atomic E-state index is 0.0102. The zero-order chi connectivity index (χ0) is 26.5. The van der Waals surface area contributed by atoms with Crippen molar-refractivity contribution in [2.75, 3.05) is 18.0 Å². The summed E-state index contributed by atoms with van der Waals surface area (Å²) < 4.78 is 73.9. The van der Waals surface area contributed by atoms with Crippen molar-refractivity contribution in [2.45, 2.75) is 36.8 Å². The third-order valence-electron chi connectivity index (χ3n) is 6.27. The third-order valence-corrected chi connectivity index (χ3v) is 8.42. The SMILES string of the molecule is COc1cc(Cl)c(-c2cnc(C(F)(F)F)cc2C#N)cc1S(=O)(=O)N1CCC(C)(C)c2ccccc21. The summed E-state index contributed by atoms with van der Waals surface area (Å²) in [5.41, 5.74) is -0.432. The largest absolute Gasteiger partial charge is 0.495 e. The number of ether oxygens (including phenoxy) is 1. The van der Waals surface area contributed by atoms with Gasteiger partial charge in [-0.15, -0.1) is 0 Å². The smallest absolute Gasteiger partial charge is 0.433 e. The number of nitriles is 1. The van der Waals surface area contributed by atoms with Gasteiger partial charge < -0.3 is 4.74 Å². The van der Waals surface area contributed by atoms with Crippen LogP contribution in [-0.4, -0.2) is 27.1 Å². The molecule has 0 bridgehead atoms. The summed E-state index contributed by atoms with van der Waals surface area (Å²) in [7, 11) is -2.91. The molecule has 0 unspecified atom stereocenters. The molecule has 2 aromatic carbocycles. The fourth-order valence-corrected chi connectivity index (χ4v) is 6.19. The van der Waals surface area contributed by atoms with Gasteiger partial charge in [-0.3, -0.25) is 9.29 Å². The molecular formula is C25H21ClF3N3O3S. The highest BCUT2D eigenvalue weighted by Gasteiger charge is 2.38. The van der Waals surface area contributed by atoms with Crippen LogP contribution in [0.3, 0.4) is 0 Å². The number of para-hydroxylation sites is 1. The fourth-order valence-electron chi connectivity index (χ4n) is 4.29. The van der Waals surface area contributed by atoms with Crippen molar-refractivity contribution < 1.29 is 26.3 Å². The molecule has 6 nitrogen and oxygen atoms in total. The lowest BCUT2D eigenvalue weighted by Crippen LogP contribution is -2.41. The summed E-state index contributed by atoms with van der Waals surface area (Å²) in [6.45, 7) is 4.29. The summed E-state index contributed by atoms with van der Waals surface area (Å²) in [6.07, 6.45) is -3.32. The molecule has 0 fully saturated rings. The molecule has 11 heteroatoms. The van der Waals surface area contributed by atoms with E-state index in [2.05, 4.69) is 4.98 Å². The highest BCUT2D eigenvalue weighted by atomic mass is 35.5. The van der Waals surface area contributed by atoms with Gasteiger partial charge in [-0.2, -0.15) is 18.4 Å². The fraction of sp³-hybridized carbons (Fsp3) is 0.280. The minimum atomic E-state index is -4.75. The predicted octanol–water partition coefficient (Wildman–Crippen LogP) is 6.18. The van der Waals surface area contributed by atoms with E-state index in [4.69, 9.17) is 16.3 Å². The molecule has 3 aromatic rings. The van der Waals surface area contributed by atoms with Gasteiger partial charge in [0.15, 0.2) is 0 Å². The first-order valence-corrected chi connectivity index (χ1v) is 12.6. The molecule has 0 saturated heterocycles. The van der Waals surface area contributed by atoms with E-state index < -0.39 is 21.9 Å². The van der Waals surface area contributed by atoms with Crippen LogP contribution in [0.1, 0.15) is 37.1 Å². The molecule has 1 aliphatic heterocycles. The van der Waals surface area contributed by atoms with E-state index in [0.717, 1.165) is 11.8 Å². The van der Waals surface area contributed by atoms with Crippen LogP contribution in [0.25, 0.3) is 11.1 Å². The molecule has 188 valence electrons. The Morgan fingerprint density at radius 1 is 1.17 bits per heavy atom. The first kappa shape index (κ1) is 25.8. The summed E-state index contributed by atoms with van der Waals surface area (Å²) in [5.74, 6) is -0.0376. The van der Waals surface area contributed by atoms with Gasteiger partial charge in [0.05, 0.1) is 29.5 Å². The number of pyridine rings is 1. The third kappa shape index (κ3) is 4.38. The quantitative estimate of drug-likeness (QED) is 0.398. The molecule has 0 saturated carbocycles. The van der Waals surface area contributed by atoms with Gasteiger partial charge in [-0.05, 0) is 35.6 Å². The molecule has 2 heterocycles. The lowest BCUT2D eigenvalue weighted by molar-refractivity contribution is -0.141. The monoisotopic (exact) mass is 535 g/mol. The number of halogens is 4. The standard InChI is InChI=1S/C25H21ClF3N3O3S/c1-24(2)8-9-32(20-7-5-4-6-18(20)24)36(33,34)22-11-16(19(26)12-21(22)35-3)17-14-31-23(25(27,28)29)10-15(17)13-30/h4-7,10-12,14H,8-9H2,1-3H3. The van der Waals surface area contributed by atoms with Crippen LogP contribution in [0.2, 0.25) is 5.02 Å². The average Bonchev–Trinajstić information content (AvgIpc) is 2.82. The Morgan fingerprint density at radius 2 is 1.86 bits per heavy atom. The van der Waals surface area contributed by atoms with Crippen molar-refractivity contribution in [3.8, 4) is 22.9 Å². The topological polar surface area (TPSA) is 83.3 Å². The van der Waals surface area contributed by atoms with Gasteiger partial charge in [-0.1, -0.05) is 43.6 Å². The van der Waals surface area contributed by atoms with E-state index in [1.807, 2.05) is 26.0 Å². The van der Waals surface area contributed by atoms with E-state index in [1.165, 1.54) is 23.5 Å². The lowest BCUT2D eigenvalue weighted by Gasteiger charge is -2.39. The highest BCUT2D eigenvalue weighted by Crippen LogP contribution is 2.44. The van der Waals surface area contributed by atoms with Crippen molar-refractivity contribution in [1.29, 1.82) is 5.26 Å². The van der Waals surface area contributed by atoms with Crippen molar-refractivity contribution in [3.63, 3.8) is 0 Å². The Hall–Kier alpha value is -3.29. The molecule has 0 aliphatic carbocycles. The molecule has 1 aliphatic rings. The van der Waals surface area contributed by atoms with E-state index in [1.54, 1.807) is 18.2 Å². The first-order valence-electron chi connectivity index (χ1n) is 10.8. The van der Waals surface area contributed by atoms with Gasteiger partial charge >= 0.3 is 6.18 Å². The number of aromatic nitrogens is 1. The maximum Gasteiger partial charge on any atom is 0.433 e. The first-order chi connectivity index (χ1) is 16.8. The predicted molar refractivity (Wildman–Crippen MR) is 130 cm³/mol. The van der Waals surface area contributed by atoms with Gasteiger partial charge in [0.2, 0.25) is 0 Å². The van der Waals surface area contributed by atoms with Crippen molar-refractivity contribution >= 4 is 27.3 Å². The molecule has 0 N–H and O–H groups in total. The number of rotatable bonds is 4. The van der Waals surface area contributed by atoms with Crippen LogP contribution in [0, 0.1) is 11.3 Å². The number of benzene rings is 2. The number of fused-ring (bicyclic) bond motifs is 1. The molecule has 1 aromatic heterocycles. The number of sulfonamides is 1. The van der Waals surface area contributed by atoms with Crippen LogP contribution in [0.4, 0.5) is 18.9 Å². The van der Waals surface area contributed by atoms with Crippen molar-refractivity contribution in [1.82, 2.24) is 4.98 Å². The number of alkyl halides is 3. The zero-order valence-electron chi connectivity index (χ0n) is 19.5. The Balaban J connectivity index is 1.91. The van der Waals surface area contributed by atoms with Crippen LogP contribution in [0.15, 0.2) is 53.6 Å². The second-order valence-corrected chi connectivity index (χ2v) is 11.2. The molecule has 0 radical (unpaired) electrons. The van der Waals surface area contributed by atoms with Crippen LogP contribution in [-0.2, 0) is 21.6 Å². The number of nitrogens with zero attached hydrogens (tertiary/aromatic N) is 3. The number of anilines is 1. The number of hydrogen-bond acceptors (Lipinski definition) is 5. The molecule has 0 spiro atoms. The van der Waals surface area contributed by atoms with Gasteiger partial charge in [0.1, 0.15) is 16.3 Å². The van der Waals surface area contributed by atoms with Crippen molar-refractivity contribution in [3.05, 3.63) is 70.5 Å². The zero-order valence-corrected chi connectivity index (χ0v) is 21.1. The van der Waals surface area contributed by atoms with E-state index in [-0.39, 0.29) is 44.3 Å². The Morgan fingerprint density at radius 3 is 2.50 bits per heavy atom. The molecular weight excluding hydrogens is 515 g/mol. The maximum absolute atomic E-state index is 13.9. The van der Waals surface area contributed by atoms with Gasteiger partial charge in [0.25, 0.3) is 10.0 Å². The Bertz CT molecular complexity index is 1500. The molecule has 36 heavy (non-hydrogen) atoms. The van der Waals surface area contributed by atoms with Gasteiger partial charge in [0, 0.05) is 29.9 Å². The Kier molecular flexibility index (Phi) is 6.43. The van der Waals surface area contributed by atoms with Crippen LogP contribution < -0.4 is 9.04 Å². The summed E-state index contributed by atoms with van der Waals surface area (Å²) in [4.78, 5) is 3.19.